The van der Waals surface area contributed by atoms with E-state index in [1.54, 1.807) is 14.1 Å². The molecule has 22 heavy (non-hydrogen) atoms. The maximum atomic E-state index is 12.9. The molecule has 0 aliphatic rings. The fourth-order valence-electron chi connectivity index (χ4n) is 1.81. The van der Waals surface area contributed by atoms with E-state index in [-0.39, 0.29) is 30.3 Å². The van der Waals surface area contributed by atoms with Crippen LogP contribution in [0.25, 0.3) is 11.3 Å². The van der Waals surface area contributed by atoms with Crippen molar-refractivity contribution >= 4 is 11.9 Å². The Morgan fingerprint density at radius 2 is 1.95 bits per heavy atom. The van der Waals surface area contributed by atoms with E-state index in [9.17, 15) is 14.0 Å². The minimum absolute atomic E-state index is 0.0100. The SMILES string of the molecule is CN(C)C(=O)CCOC(=O)c1cn[nH]c1-c1ccc(F)cc1. The maximum absolute atomic E-state index is 12.9. The van der Waals surface area contributed by atoms with Crippen molar-refractivity contribution in [1.82, 2.24) is 15.1 Å². The number of hydrogen-bond acceptors (Lipinski definition) is 4. The Kier molecular flexibility index (Phi) is 4.88. The maximum Gasteiger partial charge on any atom is 0.342 e. The molecule has 0 atom stereocenters. The van der Waals surface area contributed by atoms with Crippen molar-refractivity contribution in [3.05, 3.63) is 41.8 Å². The third-order valence-corrected chi connectivity index (χ3v) is 3.04. The molecule has 7 heteroatoms. The number of H-pyrrole nitrogens is 1. The van der Waals surface area contributed by atoms with Crippen LogP contribution >= 0.6 is 0 Å². The molecule has 1 heterocycles. The second-order valence-electron chi connectivity index (χ2n) is 4.84. The minimum atomic E-state index is -0.584. The summed E-state index contributed by atoms with van der Waals surface area (Å²) in [5.41, 5.74) is 1.31. The Morgan fingerprint density at radius 1 is 1.27 bits per heavy atom. The van der Waals surface area contributed by atoms with Gasteiger partial charge < -0.3 is 9.64 Å². The molecule has 0 bridgehead atoms. The molecule has 1 aromatic carbocycles. The summed E-state index contributed by atoms with van der Waals surface area (Å²) in [7, 11) is 3.26. The number of ether oxygens (including phenoxy) is 1. The molecular formula is C15H16FN3O3. The smallest absolute Gasteiger partial charge is 0.342 e. The molecule has 6 nitrogen and oxygen atoms in total. The predicted molar refractivity (Wildman–Crippen MR) is 77.6 cm³/mol. The first kappa shape index (κ1) is 15.7. The van der Waals surface area contributed by atoms with Gasteiger partial charge >= 0.3 is 5.97 Å². The molecule has 1 amide bonds. The highest BCUT2D eigenvalue weighted by atomic mass is 19.1. The van der Waals surface area contributed by atoms with Crippen LogP contribution in [0.1, 0.15) is 16.8 Å². The van der Waals surface area contributed by atoms with E-state index in [0.29, 0.717) is 11.3 Å². The van der Waals surface area contributed by atoms with Crippen molar-refractivity contribution in [1.29, 1.82) is 0 Å². The number of carbonyl (C=O) groups is 2. The highest BCUT2D eigenvalue weighted by Gasteiger charge is 2.17. The van der Waals surface area contributed by atoms with Crippen LogP contribution in [-0.2, 0) is 9.53 Å². The first-order valence-corrected chi connectivity index (χ1v) is 6.65. The highest BCUT2D eigenvalue weighted by molar-refractivity contribution is 5.96. The number of aromatic amines is 1. The first-order chi connectivity index (χ1) is 10.5. The van der Waals surface area contributed by atoms with Gasteiger partial charge in [0.1, 0.15) is 18.0 Å². The van der Waals surface area contributed by atoms with Crippen LogP contribution in [0.15, 0.2) is 30.5 Å². The van der Waals surface area contributed by atoms with E-state index in [4.69, 9.17) is 4.74 Å². The molecular weight excluding hydrogens is 289 g/mol. The summed E-state index contributed by atoms with van der Waals surface area (Å²) in [5, 5.41) is 6.51. The molecule has 0 saturated carbocycles. The van der Waals surface area contributed by atoms with Gasteiger partial charge in [0.05, 0.1) is 18.3 Å². The third-order valence-electron chi connectivity index (χ3n) is 3.04. The molecule has 0 spiro atoms. The van der Waals surface area contributed by atoms with Crippen LogP contribution in [0.4, 0.5) is 4.39 Å². The molecule has 0 aliphatic carbocycles. The molecule has 0 unspecified atom stereocenters. The number of halogens is 1. The van der Waals surface area contributed by atoms with Gasteiger partial charge in [0.15, 0.2) is 0 Å². The van der Waals surface area contributed by atoms with Crippen molar-refractivity contribution in [3.63, 3.8) is 0 Å². The Bertz CT molecular complexity index is 665. The van der Waals surface area contributed by atoms with E-state index >= 15 is 0 Å². The Labute approximate surface area is 126 Å². The fraction of sp³-hybridized carbons (Fsp3) is 0.267. The number of benzene rings is 1. The molecule has 2 aromatic rings. The van der Waals surface area contributed by atoms with Crippen molar-refractivity contribution in [3.8, 4) is 11.3 Å². The van der Waals surface area contributed by atoms with Crippen LogP contribution in [0.3, 0.4) is 0 Å². The van der Waals surface area contributed by atoms with Gasteiger partial charge in [-0.15, -0.1) is 0 Å². The van der Waals surface area contributed by atoms with Gasteiger partial charge in [-0.1, -0.05) is 0 Å². The molecule has 1 N–H and O–H groups in total. The van der Waals surface area contributed by atoms with Gasteiger partial charge in [0.2, 0.25) is 5.91 Å². The van der Waals surface area contributed by atoms with Crippen LogP contribution in [0.2, 0.25) is 0 Å². The van der Waals surface area contributed by atoms with Crippen LogP contribution < -0.4 is 0 Å². The number of rotatable bonds is 5. The fourth-order valence-corrected chi connectivity index (χ4v) is 1.81. The monoisotopic (exact) mass is 305 g/mol. The van der Waals surface area contributed by atoms with Crippen molar-refractivity contribution in [2.45, 2.75) is 6.42 Å². The number of esters is 1. The zero-order chi connectivity index (χ0) is 16.1. The second-order valence-corrected chi connectivity index (χ2v) is 4.84. The summed E-state index contributed by atoms with van der Waals surface area (Å²) >= 11 is 0. The number of nitrogens with zero attached hydrogens (tertiary/aromatic N) is 2. The van der Waals surface area contributed by atoms with Gasteiger partial charge in [0.25, 0.3) is 0 Å². The van der Waals surface area contributed by atoms with E-state index in [1.165, 1.54) is 35.4 Å². The summed E-state index contributed by atoms with van der Waals surface area (Å²) in [5.74, 6) is -1.08. The standard InChI is InChI=1S/C15H16FN3O3/c1-19(2)13(20)7-8-22-15(21)12-9-17-18-14(12)10-3-5-11(16)6-4-10/h3-6,9H,7-8H2,1-2H3,(H,17,18). The van der Waals surface area contributed by atoms with Crippen molar-refractivity contribution in [2.75, 3.05) is 20.7 Å². The number of carbonyl (C=O) groups excluding carboxylic acids is 2. The summed E-state index contributed by atoms with van der Waals surface area (Å²) in [4.78, 5) is 24.9. The topological polar surface area (TPSA) is 75.3 Å². The van der Waals surface area contributed by atoms with Crippen molar-refractivity contribution < 1.29 is 18.7 Å². The quantitative estimate of drug-likeness (QED) is 0.855. The highest BCUT2D eigenvalue weighted by Crippen LogP contribution is 2.22. The van der Waals surface area contributed by atoms with E-state index in [2.05, 4.69) is 10.2 Å². The predicted octanol–water partition coefficient (Wildman–Crippen LogP) is 1.85. The zero-order valence-electron chi connectivity index (χ0n) is 12.3. The minimum Gasteiger partial charge on any atom is -0.461 e. The molecule has 2 rings (SSSR count). The molecule has 0 radical (unpaired) electrons. The summed E-state index contributed by atoms with van der Waals surface area (Å²) in [6.07, 6.45) is 1.46. The molecule has 0 saturated heterocycles. The second kappa shape index (κ2) is 6.84. The summed E-state index contributed by atoms with van der Waals surface area (Å²) in [6.45, 7) is -0.0100. The average Bonchev–Trinajstić information content (AvgIpc) is 2.97. The number of amides is 1. The number of aromatic nitrogens is 2. The van der Waals surface area contributed by atoms with E-state index < -0.39 is 5.97 Å². The van der Waals surface area contributed by atoms with Crippen molar-refractivity contribution in [2.24, 2.45) is 0 Å². The lowest BCUT2D eigenvalue weighted by atomic mass is 10.1. The zero-order valence-corrected chi connectivity index (χ0v) is 12.3. The first-order valence-electron chi connectivity index (χ1n) is 6.65. The van der Waals surface area contributed by atoms with E-state index in [0.717, 1.165) is 0 Å². The molecule has 1 aromatic heterocycles. The van der Waals surface area contributed by atoms with Gasteiger partial charge in [0, 0.05) is 19.7 Å². The summed E-state index contributed by atoms with van der Waals surface area (Å²) < 4.78 is 18.0. The Balaban J connectivity index is 2.04. The average molecular weight is 305 g/mol. The van der Waals surface area contributed by atoms with Gasteiger partial charge in [-0.25, -0.2) is 9.18 Å². The van der Waals surface area contributed by atoms with Gasteiger partial charge in [-0.3, -0.25) is 9.89 Å². The normalized spacial score (nSPS) is 10.3. The summed E-state index contributed by atoms with van der Waals surface area (Å²) in [6, 6.07) is 5.66. The lowest BCUT2D eigenvalue weighted by Crippen LogP contribution is -2.23. The van der Waals surface area contributed by atoms with Crippen LogP contribution in [0, 0.1) is 5.82 Å². The number of nitrogens with one attached hydrogen (secondary N) is 1. The lowest BCUT2D eigenvalue weighted by Gasteiger charge is -2.10. The Hall–Kier alpha value is -2.70. The molecule has 0 fully saturated rings. The van der Waals surface area contributed by atoms with E-state index in [1.807, 2.05) is 0 Å². The number of hydrogen-bond donors (Lipinski definition) is 1. The Morgan fingerprint density at radius 3 is 2.59 bits per heavy atom. The molecule has 0 aliphatic heterocycles. The van der Waals surface area contributed by atoms with Crippen LogP contribution in [-0.4, -0.2) is 47.7 Å². The van der Waals surface area contributed by atoms with Gasteiger partial charge in [-0.05, 0) is 24.3 Å². The molecule has 116 valence electrons. The van der Waals surface area contributed by atoms with Gasteiger partial charge in [-0.2, -0.15) is 5.10 Å². The van der Waals surface area contributed by atoms with Crippen LogP contribution in [0.5, 0.6) is 0 Å². The largest absolute Gasteiger partial charge is 0.461 e. The lowest BCUT2D eigenvalue weighted by molar-refractivity contribution is -0.129. The third kappa shape index (κ3) is 3.69.